The van der Waals surface area contributed by atoms with Gasteiger partial charge < -0.3 is 0 Å². The van der Waals surface area contributed by atoms with Crippen LogP contribution < -0.4 is 10.0 Å². The number of nitrogens with zero attached hydrogens (tertiary/aromatic N) is 2. The van der Waals surface area contributed by atoms with Crippen LogP contribution in [0.2, 0.25) is 0 Å². The number of carbonyl (C=O) groups excluding carboxylic acids is 1. The van der Waals surface area contributed by atoms with E-state index >= 15 is 0 Å². The third-order valence-electron chi connectivity index (χ3n) is 4.30. The Kier molecular flexibility index (Phi) is 6.85. The van der Waals surface area contributed by atoms with Crippen molar-refractivity contribution in [2.45, 2.75) is 42.2 Å². The number of nitrogens with one attached hydrogen (secondary N) is 2. The average Bonchev–Trinajstić information content (AvgIpc) is 3.31. The molecule has 7 nitrogen and oxygen atoms in total. The van der Waals surface area contributed by atoms with Crippen molar-refractivity contribution in [3.05, 3.63) is 35.4 Å². The Morgan fingerprint density at radius 3 is 2.74 bits per heavy atom. The fourth-order valence-corrected chi connectivity index (χ4v) is 6.20. The van der Waals surface area contributed by atoms with Gasteiger partial charge in [0.2, 0.25) is 9.47 Å². The van der Waals surface area contributed by atoms with E-state index in [-0.39, 0.29) is 15.4 Å². The first-order valence-electron chi connectivity index (χ1n) is 8.77. The topological polar surface area (TPSA) is 101 Å². The number of carbonyl (C=O) groups is 1. The van der Waals surface area contributed by atoms with Gasteiger partial charge in [-0.1, -0.05) is 42.4 Å². The third kappa shape index (κ3) is 5.50. The molecule has 10 heteroatoms. The Balaban J connectivity index is 1.54. The molecular weight excluding hydrogens is 404 g/mol. The maximum Gasteiger partial charge on any atom is 0.269 e. The molecule has 1 aromatic carbocycles. The summed E-state index contributed by atoms with van der Waals surface area (Å²) in [5, 5.41) is 10.9. The number of rotatable bonds is 8. The van der Waals surface area contributed by atoms with Crippen LogP contribution >= 0.6 is 23.1 Å². The number of aryl methyl sites for hydroxylation is 1. The van der Waals surface area contributed by atoms with Crippen molar-refractivity contribution in [2.24, 2.45) is 0 Å². The largest absolute Gasteiger partial charge is 0.296 e. The summed E-state index contributed by atoms with van der Waals surface area (Å²) in [5.74, 6) is 0.397. The van der Waals surface area contributed by atoms with Gasteiger partial charge in [0, 0.05) is 23.1 Å². The molecule has 2 aromatic rings. The number of hydrogen-bond acceptors (Lipinski definition) is 7. The van der Waals surface area contributed by atoms with E-state index in [1.807, 2.05) is 30.8 Å². The lowest BCUT2D eigenvalue weighted by molar-refractivity contribution is 0.102. The number of aromatic nitrogens is 2. The first kappa shape index (κ1) is 20.2. The minimum absolute atomic E-state index is 0.145. The Morgan fingerprint density at radius 1 is 1.26 bits per heavy atom. The summed E-state index contributed by atoms with van der Waals surface area (Å²) in [6, 6.07) is 7.15. The highest BCUT2D eigenvalue weighted by molar-refractivity contribution is 8.00. The molecule has 1 aliphatic rings. The van der Waals surface area contributed by atoms with E-state index < -0.39 is 10.0 Å². The molecule has 2 N–H and O–H groups in total. The van der Waals surface area contributed by atoms with Gasteiger partial charge in [-0.2, -0.15) is 11.8 Å². The fourth-order valence-electron chi connectivity index (χ4n) is 2.88. The molecule has 1 heterocycles. The average molecular weight is 427 g/mol. The lowest BCUT2D eigenvalue weighted by Crippen LogP contribution is -2.26. The van der Waals surface area contributed by atoms with Crippen molar-refractivity contribution >= 4 is 44.2 Å². The molecule has 1 fully saturated rings. The van der Waals surface area contributed by atoms with Gasteiger partial charge in [-0.15, -0.1) is 10.2 Å². The van der Waals surface area contributed by atoms with Crippen LogP contribution in [0.15, 0.2) is 28.6 Å². The van der Waals surface area contributed by atoms with Crippen LogP contribution in [0.1, 0.15) is 41.6 Å². The van der Waals surface area contributed by atoms with E-state index in [0.717, 1.165) is 22.7 Å². The zero-order valence-corrected chi connectivity index (χ0v) is 17.4. The molecule has 0 radical (unpaired) electrons. The Bertz CT molecular complexity index is 892. The summed E-state index contributed by atoms with van der Waals surface area (Å²) >= 11 is 2.66. The summed E-state index contributed by atoms with van der Waals surface area (Å²) < 4.78 is 27.1. The number of benzene rings is 1. The zero-order valence-electron chi connectivity index (χ0n) is 15.0. The fraction of sp³-hybridized carbons (Fsp3) is 0.471. The number of anilines is 1. The van der Waals surface area contributed by atoms with Gasteiger partial charge >= 0.3 is 0 Å². The minimum atomic E-state index is -3.71. The molecule has 146 valence electrons. The lowest BCUT2D eigenvalue weighted by atomic mass is 10.1. The van der Waals surface area contributed by atoms with Crippen LogP contribution in [0, 0.1) is 6.92 Å². The monoisotopic (exact) mass is 426 g/mol. The molecule has 0 atom stereocenters. The summed E-state index contributed by atoms with van der Waals surface area (Å²) in [4.78, 5) is 12.3. The number of thioether (sulfide) groups is 1. The molecule has 1 amide bonds. The summed E-state index contributed by atoms with van der Waals surface area (Å²) in [7, 11) is -3.71. The number of hydrogen-bond donors (Lipinski definition) is 2. The van der Waals surface area contributed by atoms with Crippen molar-refractivity contribution in [1.82, 2.24) is 14.9 Å². The minimum Gasteiger partial charge on any atom is -0.296 e. The summed E-state index contributed by atoms with van der Waals surface area (Å²) in [6.45, 7) is 2.19. The molecule has 27 heavy (non-hydrogen) atoms. The van der Waals surface area contributed by atoms with Gasteiger partial charge in [0.25, 0.3) is 15.9 Å². The van der Waals surface area contributed by atoms with Crippen molar-refractivity contribution in [2.75, 3.05) is 17.6 Å². The van der Waals surface area contributed by atoms with Crippen molar-refractivity contribution in [3.63, 3.8) is 0 Å². The molecule has 0 aliphatic heterocycles. The molecule has 0 saturated heterocycles. The molecule has 0 unspecified atom stereocenters. The van der Waals surface area contributed by atoms with E-state index in [9.17, 15) is 13.2 Å². The first-order valence-corrected chi connectivity index (χ1v) is 12.1. The van der Waals surface area contributed by atoms with E-state index in [4.69, 9.17) is 0 Å². The van der Waals surface area contributed by atoms with Crippen molar-refractivity contribution < 1.29 is 13.2 Å². The highest BCUT2D eigenvalue weighted by Gasteiger charge is 2.21. The normalized spacial score (nSPS) is 15.1. The highest BCUT2D eigenvalue weighted by Crippen LogP contribution is 2.29. The van der Waals surface area contributed by atoms with Crippen LogP contribution in [0.4, 0.5) is 5.13 Å². The molecule has 1 aromatic heterocycles. The second-order valence-corrected chi connectivity index (χ2v) is 10.6. The smallest absolute Gasteiger partial charge is 0.269 e. The van der Waals surface area contributed by atoms with Crippen LogP contribution in [-0.2, 0) is 10.0 Å². The maximum absolute atomic E-state index is 12.3. The summed E-state index contributed by atoms with van der Waals surface area (Å²) in [5.41, 5.74) is 1.34. The first-order chi connectivity index (χ1) is 13.0. The van der Waals surface area contributed by atoms with Gasteiger partial charge in [-0.3, -0.25) is 10.1 Å². The van der Waals surface area contributed by atoms with Crippen LogP contribution in [0.25, 0.3) is 0 Å². The van der Waals surface area contributed by atoms with E-state index in [0.29, 0.717) is 17.4 Å². The predicted octanol–water partition coefficient (Wildman–Crippen LogP) is 3.05. The quantitative estimate of drug-likeness (QED) is 0.497. The Morgan fingerprint density at radius 2 is 2.00 bits per heavy atom. The van der Waals surface area contributed by atoms with Crippen molar-refractivity contribution in [3.8, 4) is 0 Å². The SMILES string of the molecule is Cc1ccccc1C(=O)Nc1nnc(S(=O)(=O)NCCSC2CCCC2)s1. The molecular formula is C17H22N4O3S3. The molecule has 3 rings (SSSR count). The molecule has 0 bridgehead atoms. The molecule has 1 aliphatic carbocycles. The predicted molar refractivity (Wildman–Crippen MR) is 109 cm³/mol. The van der Waals surface area contributed by atoms with Gasteiger partial charge in [0.15, 0.2) is 0 Å². The lowest BCUT2D eigenvalue weighted by Gasteiger charge is -2.08. The number of amides is 1. The van der Waals surface area contributed by atoms with Gasteiger partial charge in [0.05, 0.1) is 0 Å². The Labute approximate surface area is 167 Å². The van der Waals surface area contributed by atoms with Crippen LogP contribution in [0.5, 0.6) is 0 Å². The number of sulfonamides is 1. The van der Waals surface area contributed by atoms with E-state index in [1.54, 1.807) is 12.1 Å². The van der Waals surface area contributed by atoms with E-state index in [2.05, 4.69) is 20.2 Å². The van der Waals surface area contributed by atoms with Gasteiger partial charge in [-0.05, 0) is 31.4 Å². The standard InChI is InChI=1S/C17H22N4O3S3/c1-12-6-2-5-9-14(12)15(22)19-16-20-21-17(26-16)27(23,24)18-10-11-25-13-7-3-4-8-13/h2,5-6,9,13,18H,3-4,7-8,10-11H2,1H3,(H,19,20,22). The third-order valence-corrected chi connectivity index (χ3v) is 8.35. The maximum atomic E-state index is 12.3. The van der Waals surface area contributed by atoms with E-state index in [1.165, 1.54) is 25.7 Å². The van der Waals surface area contributed by atoms with Gasteiger partial charge in [-0.25, -0.2) is 13.1 Å². The van der Waals surface area contributed by atoms with Crippen molar-refractivity contribution in [1.29, 1.82) is 0 Å². The zero-order chi connectivity index (χ0) is 19.3. The molecule has 0 spiro atoms. The van der Waals surface area contributed by atoms with Crippen LogP contribution in [-0.4, -0.2) is 42.1 Å². The van der Waals surface area contributed by atoms with Gasteiger partial charge in [0.1, 0.15) is 0 Å². The second-order valence-electron chi connectivity index (χ2n) is 6.32. The molecule has 1 saturated carbocycles. The van der Waals surface area contributed by atoms with Crippen LogP contribution in [0.3, 0.4) is 0 Å². The highest BCUT2D eigenvalue weighted by atomic mass is 32.2. The Hall–Kier alpha value is -1.49. The second kappa shape index (κ2) is 9.13. The summed E-state index contributed by atoms with van der Waals surface area (Å²) in [6.07, 6.45) is 4.98.